The highest BCUT2D eigenvalue weighted by Gasteiger charge is 2.17. The SMILES string of the molecule is Cc1cc(C)c2onc(CC(=O)Nc3ccc(S(=O)(=O)Nc4ccc(Cl)nn4)cc3)c2c1. The number of carbonyl (C=O) groups is 1. The third-order valence-corrected chi connectivity index (χ3v) is 6.20. The summed E-state index contributed by atoms with van der Waals surface area (Å²) in [5, 5.41) is 15.0. The van der Waals surface area contributed by atoms with E-state index in [1.807, 2.05) is 26.0 Å². The molecule has 2 aromatic carbocycles. The van der Waals surface area contributed by atoms with Crippen LogP contribution in [0.3, 0.4) is 0 Å². The zero-order valence-corrected chi connectivity index (χ0v) is 18.7. The van der Waals surface area contributed by atoms with Gasteiger partial charge in [-0.15, -0.1) is 10.2 Å². The van der Waals surface area contributed by atoms with E-state index in [0.29, 0.717) is 17.0 Å². The second-order valence-electron chi connectivity index (χ2n) is 7.18. The van der Waals surface area contributed by atoms with Crippen LogP contribution in [0.15, 0.2) is 57.9 Å². The molecular formula is C21H18ClN5O4S. The van der Waals surface area contributed by atoms with E-state index in [1.54, 1.807) is 0 Å². The Morgan fingerprint density at radius 2 is 1.81 bits per heavy atom. The summed E-state index contributed by atoms with van der Waals surface area (Å²) in [4.78, 5) is 12.5. The molecule has 0 aliphatic heterocycles. The van der Waals surface area contributed by atoms with Crippen molar-refractivity contribution in [2.45, 2.75) is 25.2 Å². The van der Waals surface area contributed by atoms with Gasteiger partial charge in [0, 0.05) is 11.1 Å². The smallest absolute Gasteiger partial charge is 0.263 e. The molecule has 4 rings (SSSR count). The fourth-order valence-electron chi connectivity index (χ4n) is 3.21. The molecule has 2 heterocycles. The van der Waals surface area contributed by atoms with E-state index in [4.69, 9.17) is 16.1 Å². The van der Waals surface area contributed by atoms with Crippen LogP contribution in [-0.2, 0) is 21.2 Å². The molecule has 0 spiro atoms. The number of rotatable bonds is 6. The Kier molecular flexibility index (Phi) is 5.81. The van der Waals surface area contributed by atoms with Crippen molar-refractivity contribution in [3.8, 4) is 0 Å². The number of halogens is 1. The zero-order valence-electron chi connectivity index (χ0n) is 17.1. The molecule has 164 valence electrons. The highest BCUT2D eigenvalue weighted by Crippen LogP contribution is 2.24. The maximum absolute atomic E-state index is 12.5. The lowest BCUT2D eigenvalue weighted by atomic mass is 10.1. The van der Waals surface area contributed by atoms with Gasteiger partial charge < -0.3 is 9.84 Å². The molecule has 0 radical (unpaired) electrons. The molecule has 1 amide bonds. The summed E-state index contributed by atoms with van der Waals surface area (Å²) in [6.45, 7) is 3.89. The maximum Gasteiger partial charge on any atom is 0.263 e. The van der Waals surface area contributed by atoms with E-state index < -0.39 is 10.0 Å². The van der Waals surface area contributed by atoms with E-state index in [0.717, 1.165) is 16.5 Å². The van der Waals surface area contributed by atoms with Crippen LogP contribution in [0.1, 0.15) is 16.8 Å². The second kappa shape index (κ2) is 8.56. The summed E-state index contributed by atoms with van der Waals surface area (Å²) in [6.07, 6.45) is 0.0206. The Hall–Kier alpha value is -3.50. The Bertz CT molecular complexity index is 1400. The average molecular weight is 472 g/mol. The normalized spacial score (nSPS) is 11.5. The first-order chi connectivity index (χ1) is 15.2. The third-order valence-electron chi connectivity index (χ3n) is 4.62. The molecule has 2 N–H and O–H groups in total. The lowest BCUT2D eigenvalue weighted by Gasteiger charge is -2.08. The van der Waals surface area contributed by atoms with E-state index in [2.05, 4.69) is 25.4 Å². The standard InChI is InChI=1S/C21H18ClN5O4S/c1-12-9-13(2)21-16(10-12)17(26-31-21)11-20(28)23-14-3-5-15(6-4-14)32(29,30)27-19-8-7-18(22)24-25-19/h3-10H,11H2,1-2H3,(H,23,28)(H,25,27). The summed E-state index contributed by atoms with van der Waals surface area (Å²) in [5.41, 5.74) is 3.65. The topological polar surface area (TPSA) is 127 Å². The quantitative estimate of drug-likeness (QED) is 0.437. The molecule has 0 bridgehead atoms. The van der Waals surface area contributed by atoms with Crippen molar-refractivity contribution in [2.24, 2.45) is 0 Å². The van der Waals surface area contributed by atoms with E-state index >= 15 is 0 Å². The van der Waals surface area contributed by atoms with Crippen LogP contribution in [0, 0.1) is 13.8 Å². The van der Waals surface area contributed by atoms with E-state index in [9.17, 15) is 13.2 Å². The fourth-order valence-corrected chi connectivity index (χ4v) is 4.31. The first-order valence-corrected chi connectivity index (χ1v) is 11.3. The number of anilines is 2. The molecule has 0 fully saturated rings. The lowest BCUT2D eigenvalue weighted by molar-refractivity contribution is -0.115. The molecule has 0 aliphatic carbocycles. The van der Waals surface area contributed by atoms with Gasteiger partial charge in [-0.2, -0.15) is 0 Å². The van der Waals surface area contributed by atoms with Crippen molar-refractivity contribution in [1.82, 2.24) is 15.4 Å². The van der Waals surface area contributed by atoms with Crippen molar-refractivity contribution in [1.29, 1.82) is 0 Å². The number of hydrogen-bond donors (Lipinski definition) is 2. The monoisotopic (exact) mass is 471 g/mol. The number of sulfonamides is 1. The molecular weight excluding hydrogens is 454 g/mol. The van der Waals surface area contributed by atoms with Gasteiger partial charge in [0.2, 0.25) is 5.91 Å². The minimum Gasteiger partial charge on any atom is -0.356 e. The van der Waals surface area contributed by atoms with E-state index in [1.165, 1.54) is 36.4 Å². The molecule has 32 heavy (non-hydrogen) atoms. The number of hydrogen-bond acceptors (Lipinski definition) is 7. The predicted molar refractivity (Wildman–Crippen MR) is 120 cm³/mol. The van der Waals surface area contributed by atoms with Gasteiger partial charge in [0.1, 0.15) is 5.69 Å². The van der Waals surface area contributed by atoms with Crippen molar-refractivity contribution >= 4 is 50.0 Å². The number of nitrogens with zero attached hydrogens (tertiary/aromatic N) is 3. The largest absolute Gasteiger partial charge is 0.356 e. The Morgan fingerprint density at radius 1 is 1.06 bits per heavy atom. The predicted octanol–water partition coefficient (Wildman–Crippen LogP) is 3.87. The number of aromatic nitrogens is 3. The van der Waals surface area contributed by atoms with Crippen molar-refractivity contribution in [3.05, 3.63) is 70.5 Å². The van der Waals surface area contributed by atoms with Gasteiger partial charge in [-0.05, 0) is 67.4 Å². The number of amides is 1. The fraction of sp³-hybridized carbons (Fsp3) is 0.143. The number of fused-ring (bicyclic) bond motifs is 1. The Morgan fingerprint density at radius 3 is 2.50 bits per heavy atom. The summed E-state index contributed by atoms with van der Waals surface area (Å²) < 4.78 is 32.7. The van der Waals surface area contributed by atoms with Crippen LogP contribution in [0.5, 0.6) is 0 Å². The van der Waals surface area contributed by atoms with E-state index in [-0.39, 0.29) is 28.2 Å². The lowest BCUT2D eigenvalue weighted by Crippen LogP contribution is -2.16. The van der Waals surface area contributed by atoms with Crippen molar-refractivity contribution in [3.63, 3.8) is 0 Å². The summed E-state index contributed by atoms with van der Waals surface area (Å²) >= 11 is 5.65. The molecule has 11 heteroatoms. The third kappa shape index (κ3) is 4.71. The molecule has 0 saturated heterocycles. The van der Waals surface area contributed by atoms with Crippen LogP contribution in [0.25, 0.3) is 11.0 Å². The minimum absolute atomic E-state index is 0.000643. The number of carbonyl (C=O) groups excluding carboxylic acids is 1. The average Bonchev–Trinajstić information content (AvgIpc) is 3.12. The van der Waals surface area contributed by atoms with Gasteiger partial charge in [0.25, 0.3) is 10.0 Å². The first-order valence-electron chi connectivity index (χ1n) is 9.49. The summed E-state index contributed by atoms with van der Waals surface area (Å²) in [7, 11) is -3.88. The maximum atomic E-state index is 12.5. The Labute approximate surface area is 188 Å². The van der Waals surface area contributed by atoms with Gasteiger partial charge >= 0.3 is 0 Å². The highest BCUT2D eigenvalue weighted by atomic mass is 35.5. The van der Waals surface area contributed by atoms with Gasteiger partial charge in [-0.1, -0.05) is 22.8 Å². The first kappa shape index (κ1) is 21.7. The summed E-state index contributed by atoms with van der Waals surface area (Å²) in [6, 6.07) is 12.5. The summed E-state index contributed by atoms with van der Waals surface area (Å²) in [5.74, 6) is -0.262. The molecule has 0 saturated carbocycles. The Balaban J connectivity index is 1.44. The zero-order chi connectivity index (χ0) is 22.9. The molecule has 0 atom stereocenters. The molecule has 4 aromatic rings. The van der Waals surface area contributed by atoms with Crippen molar-refractivity contribution in [2.75, 3.05) is 10.0 Å². The van der Waals surface area contributed by atoms with Crippen LogP contribution in [-0.4, -0.2) is 29.7 Å². The van der Waals surface area contributed by atoms with Crippen LogP contribution >= 0.6 is 11.6 Å². The highest BCUT2D eigenvalue weighted by molar-refractivity contribution is 7.92. The van der Waals surface area contributed by atoms with Gasteiger partial charge in [0.05, 0.1) is 11.3 Å². The molecule has 2 aromatic heterocycles. The van der Waals surface area contributed by atoms with Gasteiger partial charge in [0.15, 0.2) is 16.6 Å². The molecule has 0 unspecified atom stereocenters. The van der Waals surface area contributed by atoms with Crippen LogP contribution < -0.4 is 10.0 Å². The van der Waals surface area contributed by atoms with Gasteiger partial charge in [-0.3, -0.25) is 9.52 Å². The van der Waals surface area contributed by atoms with Crippen LogP contribution in [0.4, 0.5) is 11.5 Å². The van der Waals surface area contributed by atoms with Gasteiger partial charge in [-0.25, -0.2) is 8.42 Å². The minimum atomic E-state index is -3.88. The molecule has 9 nitrogen and oxygen atoms in total. The number of nitrogens with one attached hydrogen (secondary N) is 2. The van der Waals surface area contributed by atoms with Crippen LogP contribution in [0.2, 0.25) is 5.15 Å². The molecule has 0 aliphatic rings. The number of aryl methyl sites for hydroxylation is 2. The number of benzene rings is 2. The van der Waals surface area contributed by atoms with Crippen molar-refractivity contribution < 1.29 is 17.7 Å². The second-order valence-corrected chi connectivity index (χ2v) is 9.25.